The van der Waals surface area contributed by atoms with Crippen LogP contribution >= 0.6 is 0 Å². The van der Waals surface area contributed by atoms with Crippen LogP contribution in [0.15, 0.2) is 18.2 Å². The molecule has 0 amide bonds. The zero-order valence-corrected chi connectivity index (χ0v) is 13.0. The summed E-state index contributed by atoms with van der Waals surface area (Å²) in [6.45, 7) is 9.32. The minimum atomic E-state index is -4.30. The number of hydrogen-bond acceptors (Lipinski definition) is 2. The molecule has 2 rings (SSSR count). The molecule has 1 saturated heterocycles. The lowest BCUT2D eigenvalue weighted by atomic mass is 9.98. The summed E-state index contributed by atoms with van der Waals surface area (Å²) in [6.07, 6.45) is -4.30. The lowest BCUT2D eigenvalue weighted by Crippen LogP contribution is -2.57. The van der Waals surface area contributed by atoms with Gasteiger partial charge >= 0.3 is 6.18 Å². The third-order valence-corrected chi connectivity index (χ3v) is 4.26. The number of rotatable bonds is 2. The van der Waals surface area contributed by atoms with E-state index in [4.69, 9.17) is 0 Å². The number of alkyl halides is 3. The quantitative estimate of drug-likeness (QED) is 0.893. The van der Waals surface area contributed by atoms with E-state index in [2.05, 4.69) is 24.1 Å². The molecule has 0 radical (unpaired) electrons. The Morgan fingerprint density at radius 3 is 2.52 bits per heavy atom. The first kappa shape index (κ1) is 16.1. The first-order chi connectivity index (χ1) is 9.70. The molecule has 1 fully saturated rings. The van der Waals surface area contributed by atoms with Crippen molar-refractivity contribution >= 4 is 5.69 Å². The van der Waals surface area contributed by atoms with Crippen molar-refractivity contribution in [2.75, 3.05) is 18.0 Å². The van der Waals surface area contributed by atoms with Crippen molar-refractivity contribution in [3.05, 3.63) is 29.3 Å². The van der Waals surface area contributed by atoms with Gasteiger partial charge in [0.2, 0.25) is 0 Å². The maximum atomic E-state index is 13.1. The topological polar surface area (TPSA) is 15.3 Å². The second-order valence-corrected chi connectivity index (χ2v) is 6.26. The van der Waals surface area contributed by atoms with Gasteiger partial charge in [0.25, 0.3) is 0 Å². The Morgan fingerprint density at radius 1 is 1.29 bits per heavy atom. The van der Waals surface area contributed by atoms with E-state index in [1.807, 2.05) is 6.92 Å². The number of nitrogens with one attached hydrogen (secondary N) is 1. The van der Waals surface area contributed by atoms with Crippen molar-refractivity contribution in [1.29, 1.82) is 0 Å². The number of anilines is 1. The smallest absolute Gasteiger partial charge is 0.366 e. The van der Waals surface area contributed by atoms with Crippen LogP contribution in [0.3, 0.4) is 0 Å². The van der Waals surface area contributed by atoms with Gasteiger partial charge in [0, 0.05) is 30.9 Å². The first-order valence-corrected chi connectivity index (χ1v) is 7.38. The predicted molar refractivity (Wildman–Crippen MR) is 79.6 cm³/mol. The Kier molecular flexibility index (Phi) is 4.51. The third-order valence-electron chi connectivity index (χ3n) is 4.26. The van der Waals surface area contributed by atoms with Crippen molar-refractivity contribution in [3.63, 3.8) is 0 Å². The van der Waals surface area contributed by atoms with E-state index in [0.29, 0.717) is 17.6 Å². The molecule has 0 aliphatic carbocycles. The highest BCUT2D eigenvalue weighted by molar-refractivity contribution is 5.53. The standard InChI is InChI=1S/C16H23F3N2/c1-10(2)15-9-21(12(4)8-20-15)13-6-5-11(3)14(7-13)16(17,18)19/h5-7,10,12,15,20H,8-9H2,1-4H3. The molecular formula is C16H23F3N2. The Balaban J connectivity index is 2.32. The summed E-state index contributed by atoms with van der Waals surface area (Å²) >= 11 is 0. The van der Waals surface area contributed by atoms with Gasteiger partial charge in [0.1, 0.15) is 0 Å². The van der Waals surface area contributed by atoms with Gasteiger partial charge in [-0.2, -0.15) is 13.2 Å². The molecule has 1 aromatic carbocycles. The zero-order valence-electron chi connectivity index (χ0n) is 13.0. The van der Waals surface area contributed by atoms with Crippen LogP contribution in [0.2, 0.25) is 0 Å². The molecule has 1 aromatic rings. The average Bonchev–Trinajstić information content (AvgIpc) is 2.38. The van der Waals surface area contributed by atoms with Crippen LogP contribution in [-0.4, -0.2) is 25.2 Å². The van der Waals surface area contributed by atoms with Gasteiger partial charge in [0.05, 0.1) is 5.56 Å². The normalized spacial score (nSPS) is 23.7. The van der Waals surface area contributed by atoms with Crippen LogP contribution in [0.5, 0.6) is 0 Å². The number of aryl methyl sites for hydroxylation is 1. The highest BCUT2D eigenvalue weighted by atomic mass is 19.4. The number of halogens is 3. The SMILES string of the molecule is Cc1ccc(N2CC(C(C)C)NCC2C)cc1C(F)(F)F. The summed E-state index contributed by atoms with van der Waals surface area (Å²) in [5.74, 6) is 0.451. The molecule has 1 N–H and O–H groups in total. The third kappa shape index (κ3) is 3.51. The molecule has 5 heteroatoms. The fourth-order valence-corrected chi connectivity index (χ4v) is 2.79. The van der Waals surface area contributed by atoms with E-state index in [0.717, 1.165) is 13.1 Å². The van der Waals surface area contributed by atoms with E-state index in [1.54, 1.807) is 12.1 Å². The summed E-state index contributed by atoms with van der Waals surface area (Å²) in [5, 5.41) is 3.46. The molecular weight excluding hydrogens is 277 g/mol. The maximum Gasteiger partial charge on any atom is 0.416 e. The van der Waals surface area contributed by atoms with Crippen LogP contribution in [0.4, 0.5) is 18.9 Å². The molecule has 0 saturated carbocycles. The van der Waals surface area contributed by atoms with Gasteiger partial charge in [-0.05, 0) is 37.5 Å². The Bertz CT molecular complexity index is 497. The fraction of sp³-hybridized carbons (Fsp3) is 0.625. The molecule has 118 valence electrons. The summed E-state index contributed by atoms with van der Waals surface area (Å²) in [7, 11) is 0. The minimum absolute atomic E-state index is 0.184. The Morgan fingerprint density at radius 2 is 1.95 bits per heavy atom. The van der Waals surface area contributed by atoms with Gasteiger partial charge in [0.15, 0.2) is 0 Å². The molecule has 2 nitrogen and oxygen atoms in total. The van der Waals surface area contributed by atoms with E-state index >= 15 is 0 Å². The van der Waals surface area contributed by atoms with Crippen LogP contribution < -0.4 is 10.2 Å². The van der Waals surface area contributed by atoms with Crippen molar-refractivity contribution < 1.29 is 13.2 Å². The summed E-state index contributed by atoms with van der Waals surface area (Å²) in [6, 6.07) is 5.14. The van der Waals surface area contributed by atoms with Gasteiger partial charge in [-0.1, -0.05) is 19.9 Å². The maximum absolute atomic E-state index is 13.1. The zero-order chi connectivity index (χ0) is 15.8. The highest BCUT2D eigenvalue weighted by Gasteiger charge is 2.34. The van der Waals surface area contributed by atoms with Crippen molar-refractivity contribution in [2.45, 2.75) is 46.0 Å². The second-order valence-electron chi connectivity index (χ2n) is 6.26. The lowest BCUT2D eigenvalue weighted by molar-refractivity contribution is -0.138. The molecule has 21 heavy (non-hydrogen) atoms. The van der Waals surface area contributed by atoms with Crippen LogP contribution in [0.25, 0.3) is 0 Å². The molecule has 2 unspecified atom stereocenters. The van der Waals surface area contributed by atoms with Gasteiger partial charge < -0.3 is 10.2 Å². The van der Waals surface area contributed by atoms with Gasteiger partial charge in [-0.3, -0.25) is 0 Å². The Hall–Kier alpha value is -1.23. The second kappa shape index (κ2) is 5.87. The highest BCUT2D eigenvalue weighted by Crippen LogP contribution is 2.35. The minimum Gasteiger partial charge on any atom is -0.366 e. The molecule has 0 aromatic heterocycles. The van der Waals surface area contributed by atoms with Crippen LogP contribution in [0, 0.1) is 12.8 Å². The lowest BCUT2D eigenvalue weighted by Gasteiger charge is -2.42. The number of benzene rings is 1. The number of hydrogen-bond donors (Lipinski definition) is 1. The Labute approximate surface area is 124 Å². The van der Waals surface area contributed by atoms with Crippen molar-refractivity contribution in [3.8, 4) is 0 Å². The van der Waals surface area contributed by atoms with E-state index in [9.17, 15) is 13.2 Å². The molecule has 0 spiro atoms. The van der Waals surface area contributed by atoms with E-state index in [1.165, 1.54) is 13.0 Å². The molecule has 0 bridgehead atoms. The molecule has 1 aliphatic heterocycles. The van der Waals surface area contributed by atoms with E-state index in [-0.39, 0.29) is 11.6 Å². The monoisotopic (exact) mass is 300 g/mol. The van der Waals surface area contributed by atoms with Crippen LogP contribution in [-0.2, 0) is 6.18 Å². The largest absolute Gasteiger partial charge is 0.416 e. The molecule has 1 aliphatic rings. The fourth-order valence-electron chi connectivity index (χ4n) is 2.79. The summed E-state index contributed by atoms with van der Waals surface area (Å²) in [4.78, 5) is 2.08. The summed E-state index contributed by atoms with van der Waals surface area (Å²) in [5.41, 5.74) is 0.397. The van der Waals surface area contributed by atoms with E-state index < -0.39 is 11.7 Å². The predicted octanol–water partition coefficient (Wildman–Crippen LogP) is 3.84. The van der Waals surface area contributed by atoms with Crippen molar-refractivity contribution in [2.24, 2.45) is 5.92 Å². The molecule has 2 atom stereocenters. The first-order valence-electron chi connectivity index (χ1n) is 7.38. The molecule has 1 heterocycles. The average molecular weight is 300 g/mol. The van der Waals surface area contributed by atoms with Crippen LogP contribution in [0.1, 0.15) is 31.9 Å². The van der Waals surface area contributed by atoms with Crippen molar-refractivity contribution in [1.82, 2.24) is 5.32 Å². The van der Waals surface area contributed by atoms with Gasteiger partial charge in [-0.15, -0.1) is 0 Å². The number of piperazine rings is 1. The van der Waals surface area contributed by atoms with Gasteiger partial charge in [-0.25, -0.2) is 0 Å². The number of nitrogens with zero attached hydrogens (tertiary/aromatic N) is 1. The summed E-state index contributed by atoms with van der Waals surface area (Å²) < 4.78 is 39.2.